The Balaban J connectivity index is 2.36. The predicted molar refractivity (Wildman–Crippen MR) is 73.4 cm³/mol. The number of carboxylic acids is 1. The molecule has 0 amide bonds. The van der Waals surface area contributed by atoms with Crippen molar-refractivity contribution in [2.75, 3.05) is 0 Å². The number of fused-ring (bicyclic) bond motifs is 2. The van der Waals surface area contributed by atoms with Crippen LogP contribution in [0.3, 0.4) is 0 Å². The van der Waals surface area contributed by atoms with Crippen LogP contribution in [0.15, 0.2) is 23.8 Å². The molecule has 1 aliphatic carbocycles. The van der Waals surface area contributed by atoms with Crippen LogP contribution in [0.4, 0.5) is 0 Å². The highest BCUT2D eigenvalue weighted by molar-refractivity contribution is 6.12. The normalized spacial score (nSPS) is 30.4. The molecule has 4 N–H and O–H groups in total. The number of Topliss-reactive ketones (excluding diaryl/α,β-unsaturated/α-hetero) is 1. The average Bonchev–Trinajstić information content (AvgIpc) is 2.44. The fourth-order valence-corrected chi connectivity index (χ4v) is 3.10. The van der Waals surface area contributed by atoms with Crippen molar-refractivity contribution in [2.24, 2.45) is 5.92 Å². The van der Waals surface area contributed by atoms with Crippen LogP contribution in [0.2, 0.25) is 0 Å². The third-order valence-electron chi connectivity index (χ3n) is 4.18. The van der Waals surface area contributed by atoms with Crippen LogP contribution in [0.5, 0.6) is 11.5 Å². The number of hydrogen-bond acceptors (Lipinski definition) is 6. The summed E-state index contributed by atoms with van der Waals surface area (Å²) in [5.74, 6) is -3.98. The van der Waals surface area contributed by atoms with E-state index in [2.05, 4.69) is 0 Å². The second-order valence-corrected chi connectivity index (χ2v) is 5.57. The second-order valence-electron chi connectivity index (χ2n) is 5.57. The minimum atomic E-state index is -2.38. The molecule has 7 nitrogen and oxygen atoms in total. The largest absolute Gasteiger partial charge is 0.507 e. The molecular weight excluding hydrogens is 292 g/mol. The van der Waals surface area contributed by atoms with Crippen molar-refractivity contribution >= 4 is 17.5 Å². The Bertz CT molecular complexity index is 721. The lowest BCUT2D eigenvalue weighted by molar-refractivity contribution is -0.170. The zero-order valence-electron chi connectivity index (χ0n) is 11.6. The molecule has 1 fully saturated rings. The second kappa shape index (κ2) is 4.48. The van der Waals surface area contributed by atoms with E-state index in [9.17, 15) is 30.0 Å². The first-order valence-electron chi connectivity index (χ1n) is 6.70. The number of aliphatic hydroxyl groups excluding tert-OH is 2. The van der Waals surface area contributed by atoms with Crippen molar-refractivity contribution in [3.63, 3.8) is 0 Å². The number of phenols is 1. The summed E-state index contributed by atoms with van der Waals surface area (Å²) in [6.07, 6.45) is -1.64. The van der Waals surface area contributed by atoms with Gasteiger partial charge in [-0.2, -0.15) is 0 Å². The SMILES string of the molecule is C[C@H]1CC(=O)C2=C(O)c3c(O)cccc3O[C@@]2(C(=O)O)[C@@H]1O. The number of hydrogen-bond donors (Lipinski definition) is 4. The Labute approximate surface area is 125 Å². The van der Waals surface area contributed by atoms with E-state index in [0.717, 1.165) is 0 Å². The van der Waals surface area contributed by atoms with Crippen LogP contribution in [0.25, 0.3) is 5.76 Å². The highest BCUT2D eigenvalue weighted by Crippen LogP contribution is 2.49. The van der Waals surface area contributed by atoms with Gasteiger partial charge in [0.2, 0.25) is 0 Å². The van der Waals surface area contributed by atoms with Crippen LogP contribution in [-0.4, -0.2) is 43.9 Å². The summed E-state index contributed by atoms with van der Waals surface area (Å²) in [4.78, 5) is 24.1. The molecule has 1 heterocycles. The molecule has 1 aliphatic heterocycles. The molecule has 1 saturated carbocycles. The summed E-state index contributed by atoms with van der Waals surface area (Å²) in [5, 5.41) is 40.2. The van der Waals surface area contributed by atoms with Crippen molar-refractivity contribution in [1.29, 1.82) is 0 Å². The van der Waals surface area contributed by atoms with Gasteiger partial charge >= 0.3 is 5.97 Å². The van der Waals surface area contributed by atoms with E-state index in [1.165, 1.54) is 25.1 Å². The number of carboxylic acid groups (broad SMARTS) is 1. The van der Waals surface area contributed by atoms with E-state index in [1.54, 1.807) is 0 Å². The molecule has 22 heavy (non-hydrogen) atoms. The first kappa shape index (κ1) is 14.4. The standard InChI is InChI=1S/C15H14O7/c1-6-5-8(17)11-12(18)10-7(16)3-2-4-9(10)22-15(11,13(6)19)14(20)21/h2-4,6,13,16,18-19H,5H2,1H3,(H,20,21)/t6-,13+,15+/m0/s1. The molecule has 3 rings (SSSR count). The van der Waals surface area contributed by atoms with Crippen molar-refractivity contribution in [2.45, 2.75) is 25.0 Å². The fourth-order valence-electron chi connectivity index (χ4n) is 3.10. The quantitative estimate of drug-likeness (QED) is 0.606. The average molecular weight is 306 g/mol. The summed E-state index contributed by atoms with van der Waals surface area (Å²) >= 11 is 0. The lowest BCUT2D eigenvalue weighted by Gasteiger charge is -2.44. The molecule has 1 aromatic rings. The molecule has 2 aliphatic rings. The van der Waals surface area contributed by atoms with Crippen LogP contribution in [0.1, 0.15) is 18.9 Å². The third-order valence-corrected chi connectivity index (χ3v) is 4.18. The van der Waals surface area contributed by atoms with Gasteiger partial charge in [-0.3, -0.25) is 4.79 Å². The summed E-state index contributed by atoms with van der Waals surface area (Å²) in [5.41, 5.74) is -3.05. The number of rotatable bonds is 1. The summed E-state index contributed by atoms with van der Waals surface area (Å²) in [6, 6.07) is 4.03. The number of carbonyl (C=O) groups excluding carboxylic acids is 1. The van der Waals surface area contributed by atoms with Crippen LogP contribution < -0.4 is 4.74 Å². The van der Waals surface area contributed by atoms with E-state index < -0.39 is 40.7 Å². The van der Waals surface area contributed by atoms with Gasteiger partial charge in [0.15, 0.2) is 5.78 Å². The van der Waals surface area contributed by atoms with Crippen LogP contribution >= 0.6 is 0 Å². The number of aromatic hydroxyl groups is 1. The van der Waals surface area contributed by atoms with E-state index in [4.69, 9.17) is 4.74 Å². The number of benzene rings is 1. The monoisotopic (exact) mass is 306 g/mol. The third kappa shape index (κ3) is 1.59. The Morgan fingerprint density at radius 2 is 2.05 bits per heavy atom. The first-order chi connectivity index (χ1) is 10.3. The van der Waals surface area contributed by atoms with Gasteiger partial charge in [0, 0.05) is 6.42 Å². The number of ether oxygens (including phenoxy) is 1. The predicted octanol–water partition coefficient (Wildman–Crippen LogP) is 0.847. The van der Waals surface area contributed by atoms with Gasteiger partial charge in [-0.05, 0) is 18.1 Å². The topological polar surface area (TPSA) is 124 Å². The molecule has 0 bridgehead atoms. The number of aliphatic carboxylic acids is 1. The minimum absolute atomic E-state index is 0.107. The summed E-state index contributed by atoms with van der Waals surface area (Å²) < 4.78 is 5.44. The van der Waals surface area contributed by atoms with Crippen LogP contribution in [-0.2, 0) is 9.59 Å². The Kier molecular flexibility index (Phi) is 2.93. The first-order valence-corrected chi connectivity index (χ1v) is 6.70. The molecular formula is C15H14O7. The van der Waals surface area contributed by atoms with E-state index in [0.29, 0.717) is 0 Å². The zero-order valence-corrected chi connectivity index (χ0v) is 11.6. The molecule has 1 aromatic carbocycles. The Morgan fingerprint density at radius 1 is 1.36 bits per heavy atom. The maximum absolute atomic E-state index is 12.3. The molecule has 116 valence electrons. The number of carbonyl (C=O) groups is 2. The van der Waals surface area contributed by atoms with E-state index in [-0.39, 0.29) is 23.5 Å². The maximum Gasteiger partial charge on any atom is 0.355 e. The highest BCUT2D eigenvalue weighted by Gasteiger charge is 2.62. The van der Waals surface area contributed by atoms with Gasteiger partial charge in [0.25, 0.3) is 5.60 Å². The van der Waals surface area contributed by atoms with Gasteiger partial charge < -0.3 is 25.2 Å². The van der Waals surface area contributed by atoms with Crippen molar-refractivity contribution in [1.82, 2.24) is 0 Å². The molecule has 0 unspecified atom stereocenters. The van der Waals surface area contributed by atoms with Gasteiger partial charge in [0.05, 0.1) is 5.57 Å². The number of phenolic OH excluding ortho intramolecular Hbond substituents is 1. The smallest absolute Gasteiger partial charge is 0.355 e. The van der Waals surface area contributed by atoms with E-state index >= 15 is 0 Å². The van der Waals surface area contributed by atoms with Crippen molar-refractivity contribution in [3.8, 4) is 11.5 Å². The van der Waals surface area contributed by atoms with Crippen LogP contribution in [0, 0.1) is 5.92 Å². The Morgan fingerprint density at radius 3 is 2.68 bits per heavy atom. The zero-order chi connectivity index (χ0) is 16.2. The van der Waals surface area contributed by atoms with Crippen molar-refractivity contribution in [3.05, 3.63) is 29.3 Å². The molecule has 0 spiro atoms. The number of aliphatic hydroxyl groups is 2. The lowest BCUT2D eigenvalue weighted by atomic mass is 9.69. The summed E-state index contributed by atoms with van der Waals surface area (Å²) in [7, 11) is 0. The highest BCUT2D eigenvalue weighted by atomic mass is 16.5. The maximum atomic E-state index is 12.3. The van der Waals surface area contributed by atoms with Gasteiger partial charge in [0.1, 0.15) is 28.9 Å². The van der Waals surface area contributed by atoms with E-state index in [1.807, 2.05) is 0 Å². The van der Waals surface area contributed by atoms with Crippen molar-refractivity contribution < 1.29 is 34.8 Å². The number of ketones is 1. The lowest BCUT2D eigenvalue weighted by Crippen LogP contribution is -2.63. The molecule has 0 saturated heterocycles. The Hall–Kier alpha value is -2.54. The van der Waals surface area contributed by atoms with Gasteiger partial charge in [-0.25, -0.2) is 4.79 Å². The molecule has 3 atom stereocenters. The van der Waals surface area contributed by atoms with Gasteiger partial charge in [-0.1, -0.05) is 13.0 Å². The molecule has 0 radical (unpaired) electrons. The summed E-state index contributed by atoms with van der Waals surface area (Å²) in [6.45, 7) is 1.53. The fraction of sp³-hybridized carbons (Fsp3) is 0.333. The molecule has 0 aromatic heterocycles. The molecule has 7 heteroatoms. The minimum Gasteiger partial charge on any atom is -0.507 e. The van der Waals surface area contributed by atoms with Gasteiger partial charge in [-0.15, -0.1) is 0 Å².